The summed E-state index contributed by atoms with van der Waals surface area (Å²) >= 11 is 1.29. The molecule has 20 heavy (non-hydrogen) atoms. The predicted octanol–water partition coefficient (Wildman–Crippen LogP) is 2.38. The highest BCUT2D eigenvalue weighted by Crippen LogP contribution is 2.22. The summed E-state index contributed by atoms with van der Waals surface area (Å²) in [6, 6.07) is 5.20. The maximum absolute atomic E-state index is 12.8. The number of aliphatic carboxylic acids is 1. The normalized spacial score (nSPS) is 18.9. The van der Waals surface area contributed by atoms with E-state index in [1.807, 2.05) is 0 Å². The second-order valence-corrected chi connectivity index (χ2v) is 5.73. The third-order valence-electron chi connectivity index (χ3n) is 3.28. The zero-order valence-electron chi connectivity index (χ0n) is 10.9. The van der Waals surface area contributed by atoms with Crippen molar-refractivity contribution >= 4 is 23.6 Å². The molecule has 0 aromatic heterocycles. The number of likely N-dealkylation sites (tertiary alicyclic amines) is 1. The Kier molecular flexibility index (Phi) is 5.00. The second-order valence-electron chi connectivity index (χ2n) is 4.68. The maximum atomic E-state index is 12.8. The Bertz CT molecular complexity index is 492. The lowest BCUT2D eigenvalue weighted by atomic mass is 10.0. The minimum atomic E-state index is -0.940. The largest absolute Gasteiger partial charge is 0.480 e. The van der Waals surface area contributed by atoms with E-state index in [9.17, 15) is 14.0 Å². The first kappa shape index (κ1) is 14.8. The molecule has 1 aromatic rings. The minimum absolute atomic E-state index is 0.175. The molecule has 108 valence electrons. The Morgan fingerprint density at radius 1 is 1.30 bits per heavy atom. The molecular weight excluding hydrogens is 281 g/mol. The summed E-state index contributed by atoms with van der Waals surface area (Å²) in [5.74, 6) is -1.26. The van der Waals surface area contributed by atoms with Crippen LogP contribution in [-0.2, 0) is 9.59 Å². The fourth-order valence-electron chi connectivity index (χ4n) is 2.25. The van der Waals surface area contributed by atoms with Crippen LogP contribution in [0.15, 0.2) is 29.2 Å². The molecule has 2 rings (SSSR count). The van der Waals surface area contributed by atoms with E-state index in [1.54, 1.807) is 12.1 Å². The number of rotatable bonds is 4. The topological polar surface area (TPSA) is 57.6 Å². The first-order valence-electron chi connectivity index (χ1n) is 6.48. The van der Waals surface area contributed by atoms with E-state index in [0.29, 0.717) is 13.0 Å². The Hall–Kier alpha value is -1.56. The first-order chi connectivity index (χ1) is 9.58. The zero-order valence-corrected chi connectivity index (χ0v) is 11.7. The molecule has 1 saturated heterocycles. The fourth-order valence-corrected chi connectivity index (χ4v) is 3.03. The number of amides is 1. The molecule has 0 aliphatic carbocycles. The number of carboxylic acids is 1. The fraction of sp³-hybridized carbons (Fsp3) is 0.429. The molecule has 1 fully saturated rings. The second kappa shape index (κ2) is 6.74. The number of benzene rings is 1. The Labute approximate surface area is 121 Å². The molecule has 0 spiro atoms. The van der Waals surface area contributed by atoms with Crippen LogP contribution in [-0.4, -0.2) is 40.2 Å². The molecule has 1 aliphatic rings. The molecule has 1 aromatic carbocycles. The van der Waals surface area contributed by atoms with Gasteiger partial charge in [0.15, 0.2) is 0 Å². The average molecular weight is 297 g/mol. The average Bonchev–Trinajstić information content (AvgIpc) is 2.46. The van der Waals surface area contributed by atoms with Crippen LogP contribution in [0.3, 0.4) is 0 Å². The van der Waals surface area contributed by atoms with E-state index < -0.39 is 12.0 Å². The Morgan fingerprint density at radius 3 is 2.65 bits per heavy atom. The zero-order chi connectivity index (χ0) is 14.5. The SMILES string of the molecule is O=C(O)C1CCCCN1C(=O)CSc1ccc(F)cc1. The van der Waals surface area contributed by atoms with Gasteiger partial charge in [-0.15, -0.1) is 11.8 Å². The van der Waals surface area contributed by atoms with Gasteiger partial charge in [-0.3, -0.25) is 4.79 Å². The van der Waals surface area contributed by atoms with Crippen molar-refractivity contribution in [3.8, 4) is 0 Å². The minimum Gasteiger partial charge on any atom is -0.480 e. The van der Waals surface area contributed by atoms with Gasteiger partial charge in [-0.05, 0) is 43.5 Å². The van der Waals surface area contributed by atoms with Gasteiger partial charge >= 0.3 is 5.97 Å². The van der Waals surface area contributed by atoms with Crippen LogP contribution in [0.5, 0.6) is 0 Å². The van der Waals surface area contributed by atoms with Crippen LogP contribution in [0.2, 0.25) is 0 Å². The van der Waals surface area contributed by atoms with Crippen molar-refractivity contribution in [3.05, 3.63) is 30.1 Å². The van der Waals surface area contributed by atoms with Crippen molar-refractivity contribution < 1.29 is 19.1 Å². The smallest absolute Gasteiger partial charge is 0.326 e. The molecule has 6 heteroatoms. The van der Waals surface area contributed by atoms with Gasteiger partial charge in [0.25, 0.3) is 0 Å². The number of hydrogen-bond acceptors (Lipinski definition) is 3. The Balaban J connectivity index is 1.93. The van der Waals surface area contributed by atoms with Gasteiger partial charge < -0.3 is 10.0 Å². The van der Waals surface area contributed by atoms with E-state index in [1.165, 1.54) is 28.8 Å². The van der Waals surface area contributed by atoms with Crippen molar-refractivity contribution in [2.24, 2.45) is 0 Å². The summed E-state index contributed by atoms with van der Waals surface area (Å²) < 4.78 is 12.8. The molecule has 1 unspecified atom stereocenters. The van der Waals surface area contributed by atoms with Crippen LogP contribution >= 0.6 is 11.8 Å². The number of piperidine rings is 1. The van der Waals surface area contributed by atoms with Gasteiger partial charge in [0.1, 0.15) is 11.9 Å². The standard InChI is InChI=1S/C14H16FNO3S/c15-10-4-6-11(7-5-10)20-9-13(17)16-8-2-1-3-12(16)14(18)19/h4-7,12H,1-3,8-9H2,(H,18,19). The van der Waals surface area contributed by atoms with E-state index in [-0.39, 0.29) is 17.5 Å². The number of carbonyl (C=O) groups excluding carboxylic acids is 1. The molecule has 0 saturated carbocycles. The van der Waals surface area contributed by atoms with Crippen molar-refractivity contribution in [2.75, 3.05) is 12.3 Å². The van der Waals surface area contributed by atoms with Crippen molar-refractivity contribution in [3.63, 3.8) is 0 Å². The number of thioether (sulfide) groups is 1. The summed E-state index contributed by atoms with van der Waals surface area (Å²) in [6.45, 7) is 0.500. The van der Waals surface area contributed by atoms with Crippen molar-refractivity contribution in [1.82, 2.24) is 4.90 Å². The van der Waals surface area contributed by atoms with Crippen molar-refractivity contribution in [2.45, 2.75) is 30.2 Å². The highest BCUT2D eigenvalue weighted by Gasteiger charge is 2.31. The van der Waals surface area contributed by atoms with Crippen LogP contribution in [0.4, 0.5) is 4.39 Å². The number of hydrogen-bond donors (Lipinski definition) is 1. The summed E-state index contributed by atoms with van der Waals surface area (Å²) in [6.07, 6.45) is 2.20. The van der Waals surface area contributed by atoms with E-state index in [2.05, 4.69) is 0 Å². The highest BCUT2D eigenvalue weighted by atomic mass is 32.2. The Morgan fingerprint density at radius 2 is 2.00 bits per heavy atom. The van der Waals surface area contributed by atoms with E-state index >= 15 is 0 Å². The quantitative estimate of drug-likeness (QED) is 0.867. The molecule has 1 amide bonds. The lowest BCUT2D eigenvalue weighted by Gasteiger charge is -2.32. The number of halogens is 1. The number of carboxylic acid groups (broad SMARTS) is 1. The van der Waals surface area contributed by atoms with Gasteiger partial charge in [0.2, 0.25) is 5.91 Å². The molecular formula is C14H16FNO3S. The maximum Gasteiger partial charge on any atom is 0.326 e. The number of nitrogens with zero attached hydrogens (tertiary/aromatic N) is 1. The van der Waals surface area contributed by atoms with E-state index in [4.69, 9.17) is 5.11 Å². The van der Waals surface area contributed by atoms with Gasteiger partial charge in [0.05, 0.1) is 5.75 Å². The van der Waals surface area contributed by atoms with Crippen LogP contribution in [0.1, 0.15) is 19.3 Å². The van der Waals surface area contributed by atoms with Gasteiger partial charge in [0, 0.05) is 11.4 Å². The van der Waals surface area contributed by atoms with Gasteiger partial charge in [-0.25, -0.2) is 9.18 Å². The highest BCUT2D eigenvalue weighted by molar-refractivity contribution is 8.00. The van der Waals surface area contributed by atoms with Gasteiger partial charge in [-0.1, -0.05) is 0 Å². The third kappa shape index (κ3) is 3.72. The molecule has 0 bridgehead atoms. The van der Waals surface area contributed by atoms with Crippen LogP contribution in [0, 0.1) is 5.82 Å². The van der Waals surface area contributed by atoms with Crippen molar-refractivity contribution in [1.29, 1.82) is 0 Å². The lowest BCUT2D eigenvalue weighted by molar-refractivity contribution is -0.150. The van der Waals surface area contributed by atoms with Gasteiger partial charge in [-0.2, -0.15) is 0 Å². The molecule has 1 N–H and O–H groups in total. The van der Waals surface area contributed by atoms with Crippen LogP contribution in [0.25, 0.3) is 0 Å². The summed E-state index contributed by atoms with van der Waals surface area (Å²) in [5, 5.41) is 9.13. The molecule has 4 nitrogen and oxygen atoms in total. The molecule has 1 atom stereocenters. The molecule has 0 radical (unpaired) electrons. The monoisotopic (exact) mass is 297 g/mol. The van der Waals surface area contributed by atoms with Crippen LogP contribution < -0.4 is 0 Å². The number of carbonyl (C=O) groups is 2. The summed E-state index contributed by atoms with van der Waals surface area (Å²) in [7, 11) is 0. The third-order valence-corrected chi connectivity index (χ3v) is 4.28. The first-order valence-corrected chi connectivity index (χ1v) is 7.47. The van der Waals surface area contributed by atoms with E-state index in [0.717, 1.165) is 17.7 Å². The molecule has 1 aliphatic heterocycles. The summed E-state index contributed by atoms with van der Waals surface area (Å²) in [4.78, 5) is 25.5. The lowest BCUT2D eigenvalue weighted by Crippen LogP contribution is -2.48. The predicted molar refractivity (Wildman–Crippen MR) is 74.1 cm³/mol. The molecule has 1 heterocycles. The summed E-state index contributed by atoms with van der Waals surface area (Å²) in [5.41, 5.74) is 0.